The lowest BCUT2D eigenvalue weighted by molar-refractivity contribution is -0.106. The highest BCUT2D eigenvalue weighted by Crippen LogP contribution is 2.15. The molecule has 6 heteroatoms. The smallest absolute Gasteiger partial charge is 0.383 e. The fourth-order valence-corrected chi connectivity index (χ4v) is 0.685. The van der Waals surface area contributed by atoms with Crippen LogP contribution in [0.1, 0.15) is 0 Å². The van der Waals surface area contributed by atoms with E-state index in [2.05, 4.69) is 0 Å². The Morgan fingerprint density at radius 1 is 1.44 bits per heavy atom. The highest BCUT2D eigenvalue weighted by Gasteiger charge is 2.29. The Morgan fingerprint density at radius 2 is 1.89 bits per heavy atom. The van der Waals surface area contributed by atoms with Gasteiger partial charge in [-0.05, 0) is 0 Å². The molecule has 56 valence electrons. The van der Waals surface area contributed by atoms with E-state index in [0.717, 1.165) is 0 Å². The highest BCUT2D eigenvalue weighted by atomic mass is 32.2. The molecule has 0 heterocycles. The predicted octanol–water partition coefficient (Wildman–Crippen LogP) is 0.247. The van der Waals surface area contributed by atoms with Crippen molar-refractivity contribution in [3.8, 4) is 0 Å². The van der Waals surface area contributed by atoms with Crippen LogP contribution in [0.25, 0.3) is 0 Å². The van der Waals surface area contributed by atoms with Gasteiger partial charge in [-0.2, -0.15) is 13.2 Å². The van der Waals surface area contributed by atoms with Gasteiger partial charge in [-0.25, -0.2) is 0 Å². The van der Waals surface area contributed by atoms with Crippen LogP contribution in [-0.4, -0.2) is 27.2 Å². The maximum absolute atomic E-state index is 11.2. The molecule has 0 aliphatic heterocycles. The second-order valence-electron chi connectivity index (χ2n) is 1.33. The van der Waals surface area contributed by atoms with Crippen LogP contribution in [0.15, 0.2) is 0 Å². The maximum Gasteiger partial charge on any atom is 0.400 e. The Labute approximate surface area is 52.1 Å². The molecule has 0 fully saturated rings. The first-order chi connectivity index (χ1) is 3.95. The average molecular weight is 162 g/mol. The van der Waals surface area contributed by atoms with Gasteiger partial charge in [0.15, 0.2) is 0 Å². The Kier molecular flexibility index (Phi) is 3.13. The number of hydrogen-bond donors (Lipinski definition) is 1. The molecule has 0 saturated carbocycles. The Morgan fingerprint density at radius 3 is 2.00 bits per heavy atom. The normalized spacial score (nSPS) is 15.6. The standard InChI is InChI=1S/C3H5F3O2S/c4-3(5,6)1-9(8)2-7/h7H,1-2H2. The van der Waals surface area contributed by atoms with Gasteiger partial charge in [0, 0.05) is 0 Å². The van der Waals surface area contributed by atoms with Crippen LogP contribution in [0, 0.1) is 0 Å². The van der Waals surface area contributed by atoms with Gasteiger partial charge in [-0.15, -0.1) is 0 Å². The average Bonchev–Trinajstić information content (AvgIpc) is 1.62. The maximum atomic E-state index is 11.2. The molecule has 0 aromatic carbocycles. The number of halogens is 3. The Balaban J connectivity index is 3.60. The minimum absolute atomic E-state index is 0.931. The summed E-state index contributed by atoms with van der Waals surface area (Å²) < 4.78 is 43.5. The molecule has 1 N–H and O–H groups in total. The molecule has 0 aliphatic rings. The third-order valence-corrected chi connectivity index (χ3v) is 1.41. The van der Waals surface area contributed by atoms with Crippen molar-refractivity contribution in [2.75, 3.05) is 11.7 Å². The molecule has 0 amide bonds. The Hall–Kier alpha value is -0.100. The van der Waals surface area contributed by atoms with E-state index in [4.69, 9.17) is 5.11 Å². The molecule has 0 aromatic heterocycles. The summed E-state index contributed by atoms with van der Waals surface area (Å²) in [5.41, 5.74) is 0. The van der Waals surface area contributed by atoms with Crippen molar-refractivity contribution in [1.29, 1.82) is 0 Å². The minimum Gasteiger partial charge on any atom is -0.383 e. The van der Waals surface area contributed by atoms with Crippen LogP contribution in [-0.2, 0) is 10.8 Å². The monoisotopic (exact) mass is 162 g/mol. The van der Waals surface area contributed by atoms with Crippen molar-refractivity contribution >= 4 is 10.8 Å². The van der Waals surface area contributed by atoms with Crippen molar-refractivity contribution < 1.29 is 22.5 Å². The van der Waals surface area contributed by atoms with Gasteiger partial charge in [-0.1, -0.05) is 0 Å². The number of alkyl halides is 3. The van der Waals surface area contributed by atoms with Crippen molar-refractivity contribution in [1.82, 2.24) is 0 Å². The molecular weight excluding hydrogens is 157 g/mol. The lowest BCUT2D eigenvalue weighted by Crippen LogP contribution is -2.19. The molecule has 1 unspecified atom stereocenters. The SMILES string of the molecule is O=S(CO)CC(F)(F)F. The third kappa shape index (κ3) is 5.78. The predicted molar refractivity (Wildman–Crippen MR) is 26.2 cm³/mol. The zero-order chi connectivity index (χ0) is 7.49. The molecule has 0 spiro atoms. The first kappa shape index (κ1) is 8.90. The summed E-state index contributed by atoms with van der Waals surface area (Å²) in [5.74, 6) is -2.36. The van der Waals surface area contributed by atoms with Crippen LogP contribution >= 0.6 is 0 Å². The van der Waals surface area contributed by atoms with Crippen LogP contribution in [0.4, 0.5) is 13.2 Å². The molecular formula is C3H5F3O2S. The van der Waals surface area contributed by atoms with Gasteiger partial charge in [-0.3, -0.25) is 4.21 Å². The van der Waals surface area contributed by atoms with Crippen molar-refractivity contribution in [3.63, 3.8) is 0 Å². The van der Waals surface area contributed by atoms with E-state index in [1.165, 1.54) is 0 Å². The second kappa shape index (κ2) is 3.17. The number of aliphatic hydroxyl groups excluding tert-OH is 1. The Bertz CT molecular complexity index is 110. The van der Waals surface area contributed by atoms with Gasteiger partial charge in [0.25, 0.3) is 0 Å². The summed E-state index contributed by atoms with van der Waals surface area (Å²) in [6.07, 6.45) is -4.44. The zero-order valence-corrected chi connectivity index (χ0v) is 5.13. The number of rotatable bonds is 2. The third-order valence-electron chi connectivity index (χ3n) is 0.469. The van der Waals surface area contributed by atoms with E-state index in [1.807, 2.05) is 0 Å². The van der Waals surface area contributed by atoms with Crippen LogP contribution in [0.5, 0.6) is 0 Å². The summed E-state index contributed by atoms with van der Waals surface area (Å²) in [5, 5.41) is 7.90. The van der Waals surface area contributed by atoms with Gasteiger partial charge in [0.05, 0.1) is 10.8 Å². The molecule has 0 aromatic rings. The van der Waals surface area contributed by atoms with Crippen molar-refractivity contribution in [2.24, 2.45) is 0 Å². The first-order valence-corrected chi connectivity index (χ1v) is 3.47. The molecule has 0 radical (unpaired) electrons. The summed E-state index contributed by atoms with van der Waals surface area (Å²) in [6.45, 7) is 0. The molecule has 9 heavy (non-hydrogen) atoms. The molecule has 0 saturated heterocycles. The van der Waals surface area contributed by atoms with Crippen LogP contribution in [0.3, 0.4) is 0 Å². The zero-order valence-electron chi connectivity index (χ0n) is 4.31. The fraction of sp³-hybridized carbons (Fsp3) is 1.00. The van der Waals surface area contributed by atoms with Gasteiger partial charge < -0.3 is 5.11 Å². The van der Waals surface area contributed by atoms with Crippen LogP contribution in [0.2, 0.25) is 0 Å². The molecule has 0 rings (SSSR count). The molecule has 0 bridgehead atoms. The topological polar surface area (TPSA) is 37.3 Å². The fourth-order valence-electron chi connectivity index (χ4n) is 0.228. The van der Waals surface area contributed by atoms with Gasteiger partial charge in [0.1, 0.15) is 11.7 Å². The number of hydrogen-bond acceptors (Lipinski definition) is 2. The summed E-state index contributed by atoms with van der Waals surface area (Å²) in [7, 11) is -2.17. The van der Waals surface area contributed by atoms with E-state index in [9.17, 15) is 17.4 Å². The molecule has 2 nitrogen and oxygen atoms in total. The summed E-state index contributed by atoms with van der Waals surface area (Å²) in [6, 6.07) is 0. The van der Waals surface area contributed by atoms with Crippen molar-refractivity contribution in [2.45, 2.75) is 6.18 Å². The number of aliphatic hydroxyl groups is 1. The second-order valence-corrected chi connectivity index (χ2v) is 2.75. The van der Waals surface area contributed by atoms with E-state index < -0.39 is 28.7 Å². The van der Waals surface area contributed by atoms with Crippen LogP contribution < -0.4 is 0 Å². The van der Waals surface area contributed by atoms with Gasteiger partial charge in [0.2, 0.25) is 0 Å². The van der Waals surface area contributed by atoms with E-state index in [1.54, 1.807) is 0 Å². The summed E-state index contributed by atoms with van der Waals surface area (Å²) in [4.78, 5) is 0. The first-order valence-electron chi connectivity index (χ1n) is 1.98. The van der Waals surface area contributed by atoms with Crippen molar-refractivity contribution in [3.05, 3.63) is 0 Å². The lowest BCUT2D eigenvalue weighted by atomic mass is 10.8. The minimum atomic E-state index is -4.44. The quantitative estimate of drug-likeness (QED) is 0.631. The largest absolute Gasteiger partial charge is 0.400 e. The van der Waals surface area contributed by atoms with E-state index in [0.29, 0.717) is 0 Å². The highest BCUT2D eigenvalue weighted by molar-refractivity contribution is 7.84. The van der Waals surface area contributed by atoms with E-state index in [-0.39, 0.29) is 0 Å². The molecule has 0 aliphatic carbocycles. The lowest BCUT2D eigenvalue weighted by Gasteiger charge is -2.02. The summed E-state index contributed by atoms with van der Waals surface area (Å²) >= 11 is 0. The van der Waals surface area contributed by atoms with E-state index >= 15 is 0 Å². The van der Waals surface area contributed by atoms with Gasteiger partial charge >= 0.3 is 6.18 Å². The molecule has 1 atom stereocenters.